The number of nitrogens with zero attached hydrogens (tertiary/aromatic N) is 3. The summed E-state index contributed by atoms with van der Waals surface area (Å²) in [4.78, 5) is 12.2. The van der Waals surface area contributed by atoms with Gasteiger partial charge in [-0.1, -0.05) is 17.7 Å². The zero-order valence-corrected chi connectivity index (χ0v) is 14.5. The molecule has 1 saturated heterocycles. The van der Waals surface area contributed by atoms with Gasteiger partial charge in [0.15, 0.2) is 5.82 Å². The Labute approximate surface area is 149 Å². The lowest BCUT2D eigenvalue weighted by atomic mass is 10.0. The number of benzene rings is 1. The third-order valence-electron chi connectivity index (χ3n) is 4.12. The van der Waals surface area contributed by atoms with Crippen molar-refractivity contribution in [3.05, 3.63) is 46.8 Å². The van der Waals surface area contributed by atoms with Gasteiger partial charge in [-0.25, -0.2) is 9.18 Å². The minimum absolute atomic E-state index is 0.0593. The number of aryl methyl sites for hydroxylation is 1. The maximum atomic E-state index is 13.7. The summed E-state index contributed by atoms with van der Waals surface area (Å²) in [6, 6.07) is 3.96. The van der Waals surface area contributed by atoms with Crippen LogP contribution in [-0.2, 0) is 17.8 Å². The summed E-state index contributed by atoms with van der Waals surface area (Å²) in [6.45, 7) is 3.46. The average molecular weight is 368 g/mol. The highest BCUT2D eigenvalue weighted by molar-refractivity contribution is 6.30. The van der Waals surface area contributed by atoms with E-state index in [0.717, 1.165) is 6.54 Å². The highest BCUT2D eigenvalue weighted by Crippen LogP contribution is 2.31. The lowest BCUT2D eigenvalue weighted by molar-refractivity contribution is 0.0996. The van der Waals surface area contributed by atoms with Gasteiger partial charge in [0, 0.05) is 13.2 Å². The van der Waals surface area contributed by atoms with Gasteiger partial charge in [0.2, 0.25) is 0 Å². The van der Waals surface area contributed by atoms with Gasteiger partial charge >= 0.3 is 6.03 Å². The van der Waals surface area contributed by atoms with Crippen molar-refractivity contribution in [2.24, 2.45) is 0 Å². The van der Waals surface area contributed by atoms with Crippen LogP contribution >= 0.6 is 11.6 Å². The molecule has 1 aromatic heterocycles. The molecule has 0 spiro atoms. The second-order valence-corrected chi connectivity index (χ2v) is 6.13. The SMILES string of the molecule is CCn1cnnc1CNC(=O)N[C@@H]1CCO[C@H]1c1ccc(Cl)c(F)c1. The second-order valence-electron chi connectivity index (χ2n) is 5.72. The largest absolute Gasteiger partial charge is 0.371 e. The van der Waals surface area contributed by atoms with E-state index in [-0.39, 0.29) is 23.6 Å². The number of halogens is 2. The van der Waals surface area contributed by atoms with Crippen LogP contribution in [0.2, 0.25) is 5.02 Å². The lowest BCUT2D eigenvalue weighted by Gasteiger charge is -2.20. The Balaban J connectivity index is 1.59. The molecule has 1 aromatic carbocycles. The molecule has 2 amide bonds. The van der Waals surface area contributed by atoms with Crippen molar-refractivity contribution in [3.8, 4) is 0 Å². The minimum atomic E-state index is -0.503. The Morgan fingerprint density at radius 1 is 1.52 bits per heavy atom. The van der Waals surface area contributed by atoms with Crippen molar-refractivity contribution in [1.29, 1.82) is 0 Å². The summed E-state index contributed by atoms with van der Waals surface area (Å²) in [5, 5.41) is 13.5. The molecule has 1 aliphatic heterocycles. The summed E-state index contributed by atoms with van der Waals surface area (Å²) < 4.78 is 21.2. The minimum Gasteiger partial charge on any atom is -0.371 e. The molecule has 3 rings (SSSR count). The van der Waals surface area contributed by atoms with E-state index in [1.165, 1.54) is 12.1 Å². The van der Waals surface area contributed by atoms with E-state index in [0.29, 0.717) is 24.4 Å². The third kappa shape index (κ3) is 4.08. The maximum Gasteiger partial charge on any atom is 0.315 e. The Bertz CT molecular complexity index is 754. The van der Waals surface area contributed by atoms with Crippen LogP contribution in [0.3, 0.4) is 0 Å². The summed E-state index contributed by atoms with van der Waals surface area (Å²) in [5.41, 5.74) is 0.649. The first-order chi connectivity index (χ1) is 12.1. The number of aromatic nitrogens is 3. The topological polar surface area (TPSA) is 81.1 Å². The van der Waals surface area contributed by atoms with Crippen LogP contribution in [0, 0.1) is 5.82 Å². The molecule has 7 nitrogen and oxygen atoms in total. The molecular weight excluding hydrogens is 349 g/mol. The number of amides is 2. The monoisotopic (exact) mass is 367 g/mol. The molecule has 2 N–H and O–H groups in total. The van der Waals surface area contributed by atoms with E-state index < -0.39 is 11.9 Å². The van der Waals surface area contributed by atoms with Crippen molar-refractivity contribution < 1.29 is 13.9 Å². The number of carbonyl (C=O) groups excluding carboxylic acids is 1. The molecular formula is C16H19ClFN5O2. The molecule has 2 heterocycles. The van der Waals surface area contributed by atoms with Gasteiger partial charge in [-0.05, 0) is 31.0 Å². The average Bonchev–Trinajstić information content (AvgIpc) is 3.24. The van der Waals surface area contributed by atoms with Crippen LogP contribution in [0.1, 0.15) is 30.8 Å². The first kappa shape index (κ1) is 17.6. The van der Waals surface area contributed by atoms with Gasteiger partial charge in [-0.2, -0.15) is 0 Å². The molecule has 2 aromatic rings. The molecule has 2 atom stereocenters. The van der Waals surface area contributed by atoms with Gasteiger partial charge in [0.05, 0.1) is 17.6 Å². The smallest absolute Gasteiger partial charge is 0.315 e. The Hall–Kier alpha value is -2.19. The first-order valence-electron chi connectivity index (χ1n) is 8.06. The number of hydrogen-bond donors (Lipinski definition) is 2. The van der Waals surface area contributed by atoms with Crippen molar-refractivity contribution in [3.63, 3.8) is 0 Å². The van der Waals surface area contributed by atoms with Crippen LogP contribution in [-0.4, -0.2) is 33.4 Å². The van der Waals surface area contributed by atoms with Crippen LogP contribution in [0.15, 0.2) is 24.5 Å². The fourth-order valence-electron chi connectivity index (χ4n) is 2.81. The van der Waals surface area contributed by atoms with Gasteiger partial charge in [-0.3, -0.25) is 0 Å². The predicted octanol–water partition coefficient (Wildman–Crippen LogP) is 2.42. The lowest BCUT2D eigenvalue weighted by Crippen LogP contribution is -2.43. The molecule has 0 radical (unpaired) electrons. The third-order valence-corrected chi connectivity index (χ3v) is 4.43. The van der Waals surface area contributed by atoms with Crippen molar-refractivity contribution in [2.45, 2.75) is 38.6 Å². The number of hydrogen-bond acceptors (Lipinski definition) is 4. The number of urea groups is 1. The van der Waals surface area contributed by atoms with Crippen LogP contribution in [0.25, 0.3) is 0 Å². The maximum absolute atomic E-state index is 13.7. The van der Waals surface area contributed by atoms with E-state index in [1.54, 1.807) is 12.4 Å². The number of ether oxygens (including phenoxy) is 1. The molecule has 25 heavy (non-hydrogen) atoms. The highest BCUT2D eigenvalue weighted by atomic mass is 35.5. The van der Waals surface area contributed by atoms with Gasteiger partial charge in [0.25, 0.3) is 0 Å². The molecule has 0 saturated carbocycles. The van der Waals surface area contributed by atoms with Gasteiger partial charge < -0.3 is 19.9 Å². The number of carbonyl (C=O) groups is 1. The Morgan fingerprint density at radius 2 is 2.36 bits per heavy atom. The highest BCUT2D eigenvalue weighted by Gasteiger charge is 2.31. The predicted molar refractivity (Wildman–Crippen MR) is 89.6 cm³/mol. The molecule has 0 bridgehead atoms. The van der Waals surface area contributed by atoms with E-state index >= 15 is 0 Å². The van der Waals surface area contributed by atoms with Crippen LogP contribution in [0.4, 0.5) is 9.18 Å². The first-order valence-corrected chi connectivity index (χ1v) is 8.44. The quantitative estimate of drug-likeness (QED) is 0.850. The molecule has 0 aliphatic carbocycles. The van der Waals surface area contributed by atoms with Crippen molar-refractivity contribution in [2.75, 3.05) is 6.61 Å². The van der Waals surface area contributed by atoms with Crippen LogP contribution in [0.5, 0.6) is 0 Å². The second kappa shape index (κ2) is 7.79. The fraction of sp³-hybridized carbons (Fsp3) is 0.438. The normalized spacial score (nSPS) is 19.8. The number of rotatable bonds is 5. The summed E-state index contributed by atoms with van der Waals surface area (Å²) in [5.74, 6) is 0.174. The van der Waals surface area contributed by atoms with Gasteiger partial charge in [-0.15, -0.1) is 10.2 Å². The summed E-state index contributed by atoms with van der Waals surface area (Å²) in [6.07, 6.45) is 1.86. The van der Waals surface area contributed by atoms with Crippen molar-refractivity contribution >= 4 is 17.6 Å². The van der Waals surface area contributed by atoms with Crippen LogP contribution < -0.4 is 10.6 Å². The summed E-state index contributed by atoms with van der Waals surface area (Å²) in [7, 11) is 0. The standard InChI is InChI=1S/C16H19ClFN5O2/c1-2-23-9-20-22-14(23)8-19-16(24)21-13-5-6-25-15(13)10-3-4-11(17)12(18)7-10/h3-4,7,9,13,15H,2,5-6,8H2,1H3,(H2,19,21,24)/t13-,15+/m1/s1. The zero-order valence-electron chi connectivity index (χ0n) is 13.7. The van der Waals surface area contributed by atoms with Gasteiger partial charge in [0.1, 0.15) is 18.2 Å². The summed E-state index contributed by atoms with van der Waals surface area (Å²) >= 11 is 5.71. The van der Waals surface area contributed by atoms with E-state index in [4.69, 9.17) is 16.3 Å². The molecule has 9 heteroatoms. The molecule has 1 aliphatic rings. The van der Waals surface area contributed by atoms with E-state index in [9.17, 15) is 9.18 Å². The van der Waals surface area contributed by atoms with E-state index in [2.05, 4.69) is 20.8 Å². The molecule has 134 valence electrons. The van der Waals surface area contributed by atoms with Crippen molar-refractivity contribution in [1.82, 2.24) is 25.4 Å². The zero-order chi connectivity index (χ0) is 17.8. The fourth-order valence-corrected chi connectivity index (χ4v) is 2.93. The molecule has 0 unspecified atom stereocenters. The Morgan fingerprint density at radius 3 is 3.12 bits per heavy atom. The van der Waals surface area contributed by atoms with E-state index in [1.807, 2.05) is 11.5 Å². The molecule has 1 fully saturated rings. The Kier molecular flexibility index (Phi) is 5.50. The number of nitrogens with one attached hydrogen (secondary N) is 2.